The van der Waals surface area contributed by atoms with Gasteiger partial charge in [0, 0.05) is 0 Å². The number of allylic oxidation sites excluding steroid dienone is 1. The van der Waals surface area contributed by atoms with Crippen molar-refractivity contribution in [3.05, 3.63) is 58.9 Å². The van der Waals surface area contributed by atoms with Crippen molar-refractivity contribution in [1.29, 1.82) is 0 Å². The monoisotopic (exact) mass is 399 g/mol. The first-order valence-electron chi connectivity index (χ1n) is 6.46. The Hall–Kier alpha value is -0.0800. The summed E-state index contributed by atoms with van der Waals surface area (Å²) in [5.74, 6) is 0. The van der Waals surface area contributed by atoms with E-state index in [0.29, 0.717) is 0 Å². The fourth-order valence-corrected chi connectivity index (χ4v) is 10.2. The first-order chi connectivity index (χ1) is 8.75. The Morgan fingerprint density at radius 2 is 1.80 bits per heavy atom. The van der Waals surface area contributed by atoms with Gasteiger partial charge in [-0.15, -0.1) is 0 Å². The molecule has 3 rings (SSSR count). The number of hydrogen-bond donors (Lipinski definition) is 1. The van der Waals surface area contributed by atoms with E-state index in [1.165, 1.54) is 8.97 Å². The maximum absolute atomic E-state index is 3.42. The average Bonchev–Trinajstić information content (AvgIpc) is 2.98. The Balaban J connectivity index is 0.000001000. The molecule has 0 fully saturated rings. The number of halogens is 2. The van der Waals surface area contributed by atoms with Crippen molar-refractivity contribution in [2.24, 2.45) is 0 Å². The van der Waals surface area contributed by atoms with Crippen LogP contribution >= 0.6 is 0 Å². The van der Waals surface area contributed by atoms with Crippen molar-refractivity contribution in [1.82, 2.24) is 4.98 Å². The number of hydrogen-bond acceptors (Lipinski definition) is 0. The third-order valence-electron chi connectivity index (χ3n) is 3.53. The van der Waals surface area contributed by atoms with Gasteiger partial charge < -0.3 is 24.8 Å². The summed E-state index contributed by atoms with van der Waals surface area (Å²) in [4.78, 5) is 3.42. The van der Waals surface area contributed by atoms with E-state index in [0.717, 1.165) is 3.63 Å². The first kappa shape index (κ1) is 18.0. The Kier molecular flexibility index (Phi) is 7.00. The Bertz CT molecular complexity index is 581. The van der Waals surface area contributed by atoms with Gasteiger partial charge in [0.2, 0.25) is 0 Å². The molecule has 0 saturated heterocycles. The molecule has 5 heteroatoms. The standard InChI is InChI=1S/C11H13Si.C4H4N.2ClH.Zr/c1-12(2)11-7-9-5-3-4-6-10(9)8-11;1-2-4-5-3-1;;;/h3-8,12H,1-2H3;1-3,5H;2*1H;/q;;;;+2/p-2. The number of aromatic amines is 1. The number of nitrogens with one attached hydrogen (secondary N) is 1. The Labute approximate surface area is 146 Å². The van der Waals surface area contributed by atoms with Crippen LogP contribution in [0.3, 0.4) is 0 Å². The van der Waals surface area contributed by atoms with Crippen LogP contribution in [0.1, 0.15) is 14.8 Å². The molecule has 1 atom stereocenters. The van der Waals surface area contributed by atoms with Crippen molar-refractivity contribution in [2.45, 2.75) is 16.7 Å². The molecule has 1 N–H and O–H groups in total. The number of fused-ring (bicyclic) bond motifs is 1. The molecule has 0 bridgehead atoms. The van der Waals surface area contributed by atoms with Crippen LogP contribution in [-0.4, -0.2) is 13.8 Å². The van der Waals surface area contributed by atoms with Crippen LogP contribution in [0.4, 0.5) is 0 Å². The predicted octanol–water partition coefficient (Wildman–Crippen LogP) is -3.11. The molecule has 1 aliphatic carbocycles. The minimum Gasteiger partial charge on any atom is -1.00 e. The average molecular weight is 402 g/mol. The molecule has 104 valence electrons. The molecule has 2 aromatic rings. The van der Waals surface area contributed by atoms with E-state index >= 15 is 0 Å². The second kappa shape index (κ2) is 7.79. The van der Waals surface area contributed by atoms with Crippen LogP contribution in [0.15, 0.2) is 47.8 Å². The summed E-state index contributed by atoms with van der Waals surface area (Å²) in [7, 11) is -0.700. The summed E-state index contributed by atoms with van der Waals surface area (Å²) in [6.45, 7) is 4.91. The van der Waals surface area contributed by atoms with Crippen molar-refractivity contribution in [3.8, 4) is 0 Å². The third kappa shape index (κ3) is 3.57. The summed E-state index contributed by atoms with van der Waals surface area (Å²) in [5.41, 5.74) is 3.07. The molecule has 1 aromatic heterocycles. The molecule has 1 nitrogen and oxygen atoms in total. The van der Waals surface area contributed by atoms with Gasteiger partial charge in [0.1, 0.15) is 0 Å². The molecule has 0 spiro atoms. The minimum atomic E-state index is -0.700. The number of benzene rings is 1. The topological polar surface area (TPSA) is 15.8 Å². The molecule has 0 amide bonds. The van der Waals surface area contributed by atoms with Crippen LogP contribution in [0.25, 0.3) is 6.08 Å². The van der Waals surface area contributed by atoms with Crippen molar-refractivity contribution in [3.63, 3.8) is 0 Å². The van der Waals surface area contributed by atoms with E-state index in [1.54, 1.807) is 10.8 Å². The van der Waals surface area contributed by atoms with E-state index < -0.39 is 32.0 Å². The molecule has 20 heavy (non-hydrogen) atoms. The van der Waals surface area contributed by atoms with Crippen molar-refractivity contribution < 1.29 is 48.0 Å². The van der Waals surface area contributed by atoms with Crippen molar-refractivity contribution in [2.75, 3.05) is 0 Å². The summed E-state index contributed by atoms with van der Waals surface area (Å²) < 4.78 is 2.29. The van der Waals surface area contributed by atoms with Gasteiger partial charge in [0.15, 0.2) is 0 Å². The van der Waals surface area contributed by atoms with E-state index in [2.05, 4.69) is 66.7 Å². The van der Waals surface area contributed by atoms with Gasteiger partial charge in [0.05, 0.1) is 0 Å². The zero-order chi connectivity index (χ0) is 12.5. The third-order valence-corrected chi connectivity index (χ3v) is 10.0. The van der Waals surface area contributed by atoms with Crippen LogP contribution in [0, 0.1) is 0 Å². The molecule has 0 radical (unpaired) electrons. The second-order valence-electron chi connectivity index (χ2n) is 5.09. The maximum Gasteiger partial charge on any atom is -1.00 e. The number of H-pyrrole nitrogens is 1. The zero-order valence-electron chi connectivity index (χ0n) is 11.5. The van der Waals surface area contributed by atoms with Gasteiger partial charge >= 0.3 is 122 Å². The van der Waals surface area contributed by atoms with Gasteiger partial charge in [-0.25, -0.2) is 0 Å². The van der Waals surface area contributed by atoms with E-state index in [4.69, 9.17) is 0 Å². The van der Waals surface area contributed by atoms with Gasteiger partial charge in [-0.3, -0.25) is 0 Å². The Morgan fingerprint density at radius 1 is 1.05 bits per heavy atom. The molecule has 0 saturated carbocycles. The van der Waals surface area contributed by atoms with Crippen molar-refractivity contribution >= 4 is 18.3 Å². The molecule has 1 aliphatic rings. The quantitative estimate of drug-likeness (QED) is 0.525. The number of rotatable bonds is 3. The molecular formula is C15H17Cl2NSiZr. The normalized spacial score (nSPS) is 15.8. The summed E-state index contributed by atoms with van der Waals surface area (Å²) in [6.07, 6.45) is 4.55. The maximum atomic E-state index is 3.42. The van der Waals surface area contributed by atoms with Gasteiger partial charge in [0.25, 0.3) is 0 Å². The first-order valence-corrected chi connectivity index (χ1v) is 12.0. The molecule has 1 aromatic carbocycles. The fraction of sp³-hybridized carbons (Fsp3) is 0.200. The van der Waals surface area contributed by atoms with E-state index in [-0.39, 0.29) is 24.8 Å². The molecule has 1 unspecified atom stereocenters. The summed E-state index contributed by atoms with van der Waals surface area (Å²) in [6, 6.07) is 13.4. The van der Waals surface area contributed by atoms with Gasteiger partial charge in [-0.2, -0.15) is 0 Å². The molecule has 1 heterocycles. The van der Waals surface area contributed by atoms with Gasteiger partial charge in [-0.05, 0) is 0 Å². The van der Waals surface area contributed by atoms with Crippen LogP contribution in [-0.2, 0) is 23.2 Å². The predicted molar refractivity (Wildman–Crippen MR) is 76.5 cm³/mol. The zero-order valence-corrected chi connectivity index (χ0v) is 16.7. The smallest absolute Gasteiger partial charge is 1.00 e. The summed E-state index contributed by atoms with van der Waals surface area (Å²) in [5, 5.41) is 1.78. The minimum absolute atomic E-state index is 0. The number of aromatic nitrogens is 1. The van der Waals surface area contributed by atoms with Crippen LogP contribution < -0.4 is 28.2 Å². The largest absolute Gasteiger partial charge is 1.00 e. The second-order valence-corrected chi connectivity index (χ2v) is 11.5. The van der Waals surface area contributed by atoms with E-state index in [9.17, 15) is 0 Å². The molecular weight excluding hydrogens is 384 g/mol. The fourth-order valence-electron chi connectivity index (χ4n) is 2.58. The molecule has 0 aliphatic heterocycles. The van der Waals surface area contributed by atoms with Crippen LogP contribution in [0.2, 0.25) is 13.1 Å². The van der Waals surface area contributed by atoms with Crippen LogP contribution in [0.5, 0.6) is 0 Å². The Morgan fingerprint density at radius 3 is 2.45 bits per heavy atom. The SMILES string of the molecule is C[SiH](C)C1=Cc2ccccc2[CH]1[Zr+2][c]1ccc[nH]1.[Cl-].[Cl-]. The van der Waals surface area contributed by atoms with Gasteiger partial charge in [-0.1, -0.05) is 0 Å². The summed E-state index contributed by atoms with van der Waals surface area (Å²) >= 11 is -0.593. The van der Waals surface area contributed by atoms with E-state index in [1.807, 2.05) is 0 Å².